The molecular weight excluding hydrogens is 760 g/mol. The van der Waals surface area contributed by atoms with Gasteiger partial charge in [0, 0.05) is 11.3 Å². The molecule has 0 radical (unpaired) electrons. The molecule has 11 N–H and O–H groups in total. The fourth-order valence-electron chi connectivity index (χ4n) is 13.9. The van der Waals surface area contributed by atoms with E-state index in [1.54, 1.807) is 6.92 Å². The predicted molar refractivity (Wildman–Crippen MR) is 202 cm³/mol. The summed E-state index contributed by atoms with van der Waals surface area (Å²) in [6.07, 6.45) is -13.7. The first-order chi connectivity index (χ1) is 27.1. The monoisotopic (exact) mass is 828 g/mol. The van der Waals surface area contributed by atoms with Crippen LogP contribution in [0.5, 0.6) is 0 Å². The van der Waals surface area contributed by atoms with E-state index in [0.717, 1.165) is 12.0 Å². The second-order valence-corrected chi connectivity index (χ2v) is 20.3. The van der Waals surface area contributed by atoms with Gasteiger partial charge in [-0.25, -0.2) is 0 Å². The number of aliphatic hydroxyl groups is 11. The minimum absolute atomic E-state index is 0.0215. The van der Waals surface area contributed by atoms with Crippen molar-refractivity contribution in [3.05, 3.63) is 11.6 Å². The minimum atomic E-state index is -1.83. The van der Waals surface area contributed by atoms with Crippen molar-refractivity contribution in [2.45, 2.75) is 166 Å². The Morgan fingerprint density at radius 2 is 1.40 bits per heavy atom. The van der Waals surface area contributed by atoms with Crippen LogP contribution in [0.3, 0.4) is 0 Å². The molecule has 7 aliphatic rings. The van der Waals surface area contributed by atoms with Crippen LogP contribution in [0.1, 0.15) is 86.5 Å². The molecule has 58 heavy (non-hydrogen) atoms. The molecular formula is C42H68O16. The molecule has 2 aliphatic heterocycles. The van der Waals surface area contributed by atoms with Gasteiger partial charge in [0.25, 0.3) is 0 Å². The largest absolute Gasteiger partial charge is 0.432 e. The molecule has 0 aromatic rings. The molecule has 0 aromatic carbocycles. The number of hydrogen-bond acceptors (Lipinski definition) is 16. The van der Waals surface area contributed by atoms with E-state index in [0.29, 0.717) is 32.1 Å². The second kappa shape index (κ2) is 15.5. The number of hydrogen-bond donors (Lipinski definition) is 11. The number of ether oxygens (including phenoxy) is 4. The highest BCUT2D eigenvalue weighted by Gasteiger charge is 2.73. The van der Waals surface area contributed by atoms with Gasteiger partial charge in [-0.3, -0.25) is 4.79 Å². The van der Waals surface area contributed by atoms with E-state index in [1.165, 1.54) is 0 Å². The number of allylic oxidation sites excluding steroid dienone is 2. The number of aliphatic hydroxyl groups excluding tert-OH is 11. The van der Waals surface area contributed by atoms with Gasteiger partial charge in [0.2, 0.25) is 6.29 Å². The molecule has 7 rings (SSSR count). The summed E-state index contributed by atoms with van der Waals surface area (Å²) in [5.41, 5.74) is -2.64. The molecule has 16 heteroatoms. The first kappa shape index (κ1) is 44.7. The van der Waals surface area contributed by atoms with Gasteiger partial charge in [-0.05, 0) is 84.9 Å². The van der Waals surface area contributed by atoms with Crippen LogP contribution in [0.25, 0.3) is 0 Å². The quantitative estimate of drug-likeness (QED) is 0.109. The van der Waals surface area contributed by atoms with Crippen molar-refractivity contribution in [1.82, 2.24) is 0 Å². The van der Waals surface area contributed by atoms with Crippen molar-refractivity contribution in [2.24, 2.45) is 56.7 Å². The number of carbonyl (C=O) groups excluding carboxylic acids is 1. The summed E-state index contributed by atoms with van der Waals surface area (Å²) in [5, 5.41) is 118. The lowest BCUT2D eigenvalue weighted by atomic mass is 9.32. The Morgan fingerprint density at radius 3 is 2.03 bits per heavy atom. The molecule has 23 unspecified atom stereocenters. The average Bonchev–Trinajstić information content (AvgIpc) is 3.17. The Labute approximate surface area is 339 Å². The minimum Gasteiger partial charge on any atom is -0.432 e. The van der Waals surface area contributed by atoms with E-state index >= 15 is 0 Å². The predicted octanol–water partition coefficient (Wildman–Crippen LogP) is -0.914. The van der Waals surface area contributed by atoms with Gasteiger partial charge in [-0.1, -0.05) is 53.2 Å². The maximum atomic E-state index is 14.8. The molecule has 23 atom stereocenters. The van der Waals surface area contributed by atoms with Crippen LogP contribution in [0, 0.1) is 56.7 Å². The van der Waals surface area contributed by atoms with Gasteiger partial charge < -0.3 is 75.1 Å². The molecule has 332 valence electrons. The molecule has 16 nitrogen and oxygen atoms in total. The summed E-state index contributed by atoms with van der Waals surface area (Å²) in [4.78, 5) is 14.8. The Morgan fingerprint density at radius 1 is 0.776 bits per heavy atom. The van der Waals surface area contributed by atoms with Gasteiger partial charge in [-0.15, -0.1) is 0 Å². The van der Waals surface area contributed by atoms with E-state index < -0.39 is 132 Å². The van der Waals surface area contributed by atoms with Gasteiger partial charge in [-0.2, -0.15) is 0 Å². The maximum Gasteiger partial charge on any atom is 0.315 e. The van der Waals surface area contributed by atoms with Crippen LogP contribution < -0.4 is 0 Å². The first-order valence-corrected chi connectivity index (χ1v) is 21.3. The molecule has 0 bridgehead atoms. The van der Waals surface area contributed by atoms with Crippen molar-refractivity contribution in [3.63, 3.8) is 0 Å². The molecule has 0 spiro atoms. The Balaban J connectivity index is 1.16. The zero-order valence-corrected chi connectivity index (χ0v) is 34.5. The Bertz CT molecular complexity index is 1560. The normalized spacial score (nSPS) is 56.9. The third-order valence-corrected chi connectivity index (χ3v) is 17.5. The third-order valence-electron chi connectivity index (χ3n) is 17.5. The van der Waals surface area contributed by atoms with Crippen molar-refractivity contribution >= 4 is 5.97 Å². The van der Waals surface area contributed by atoms with Crippen LogP contribution >= 0.6 is 0 Å². The number of esters is 1. The zero-order chi connectivity index (χ0) is 42.7. The topological polar surface area (TPSA) is 277 Å². The van der Waals surface area contributed by atoms with E-state index in [9.17, 15) is 61.0 Å². The summed E-state index contributed by atoms with van der Waals surface area (Å²) in [6.45, 7) is 11.0. The van der Waals surface area contributed by atoms with Crippen LogP contribution in [0.4, 0.5) is 0 Å². The lowest BCUT2D eigenvalue weighted by Crippen LogP contribution is -2.71. The Hall–Kier alpha value is -1.35. The maximum absolute atomic E-state index is 14.8. The third kappa shape index (κ3) is 6.33. The fraction of sp³-hybridized carbons (Fsp3) is 0.929. The van der Waals surface area contributed by atoms with E-state index in [-0.39, 0.29) is 36.7 Å². The molecule has 5 aliphatic carbocycles. The standard InChI is InChI=1S/C42H68O16/c1-18-9-10-42(37(54)58-36-32(52)30(50)28(48)24(57-36)16-55-35-31(51)29(49)27(47)23(15-43)56-35)12-11-40(5)20(26(42)19(18)2)7-8-25-38(3)13-22(46)34(53)39(4,17-44)33(38)21(45)14-41(25,40)6/h7,18-19,21-36,43-53H,8-17H2,1-6H3. The lowest BCUT2D eigenvalue weighted by Gasteiger charge is -2.72. The summed E-state index contributed by atoms with van der Waals surface area (Å²) < 4.78 is 22.9. The van der Waals surface area contributed by atoms with Crippen molar-refractivity contribution in [1.29, 1.82) is 0 Å². The molecule has 2 saturated heterocycles. The summed E-state index contributed by atoms with van der Waals surface area (Å²) in [7, 11) is 0. The smallest absolute Gasteiger partial charge is 0.315 e. The second-order valence-electron chi connectivity index (χ2n) is 20.3. The van der Waals surface area contributed by atoms with Crippen molar-refractivity contribution in [2.75, 3.05) is 19.8 Å². The highest BCUT2D eigenvalue weighted by Crippen LogP contribution is 2.76. The van der Waals surface area contributed by atoms with E-state index in [4.69, 9.17) is 18.9 Å². The van der Waals surface area contributed by atoms with E-state index in [2.05, 4.69) is 40.7 Å². The van der Waals surface area contributed by atoms with Gasteiger partial charge in [0.05, 0.1) is 43.5 Å². The SMILES string of the molecule is CC1CCC2(C(=O)OC3OC(COC4OC(CO)C(O)C(O)C4O)C(O)C(O)C3O)CCC3(C)C(=CCC4C5(C)CC(O)C(O)C(C)(CO)C5C(O)CC43C)C2C1C. The van der Waals surface area contributed by atoms with Crippen LogP contribution in [-0.2, 0) is 23.7 Å². The number of rotatable bonds is 7. The lowest BCUT2D eigenvalue weighted by molar-refractivity contribution is -0.328. The molecule has 0 amide bonds. The number of fused-ring (bicyclic) bond motifs is 7. The first-order valence-electron chi connectivity index (χ1n) is 21.3. The molecule has 4 saturated carbocycles. The molecule has 6 fully saturated rings. The van der Waals surface area contributed by atoms with Crippen molar-refractivity contribution in [3.8, 4) is 0 Å². The highest BCUT2D eigenvalue weighted by atomic mass is 16.7. The molecule has 0 aromatic heterocycles. The number of carbonyl (C=O) groups is 1. The van der Waals surface area contributed by atoms with Crippen LogP contribution in [-0.4, -0.2) is 162 Å². The summed E-state index contributed by atoms with van der Waals surface area (Å²) in [6, 6.07) is 0. The fourth-order valence-corrected chi connectivity index (χ4v) is 13.9. The molecule has 2 heterocycles. The van der Waals surface area contributed by atoms with Crippen LogP contribution in [0.15, 0.2) is 11.6 Å². The van der Waals surface area contributed by atoms with Gasteiger partial charge in [0.1, 0.15) is 48.8 Å². The van der Waals surface area contributed by atoms with Crippen LogP contribution in [0.2, 0.25) is 0 Å². The highest BCUT2D eigenvalue weighted by molar-refractivity contribution is 5.79. The Kier molecular flexibility index (Phi) is 11.9. The zero-order valence-electron chi connectivity index (χ0n) is 34.5. The van der Waals surface area contributed by atoms with Gasteiger partial charge >= 0.3 is 5.97 Å². The summed E-state index contributed by atoms with van der Waals surface area (Å²) in [5.74, 6) is -1.10. The average molecular weight is 829 g/mol. The summed E-state index contributed by atoms with van der Waals surface area (Å²) >= 11 is 0. The van der Waals surface area contributed by atoms with E-state index in [1.807, 2.05) is 0 Å². The van der Waals surface area contributed by atoms with Crippen molar-refractivity contribution < 1.29 is 79.9 Å². The van der Waals surface area contributed by atoms with Gasteiger partial charge in [0.15, 0.2) is 6.29 Å².